The summed E-state index contributed by atoms with van der Waals surface area (Å²) in [5.74, 6) is -0.601. The fourth-order valence-corrected chi connectivity index (χ4v) is 4.70. The predicted molar refractivity (Wildman–Crippen MR) is 124 cm³/mol. The zero-order chi connectivity index (χ0) is 22.1. The molecule has 1 fully saturated rings. The van der Waals surface area contributed by atoms with Gasteiger partial charge in [-0.25, -0.2) is 4.39 Å². The van der Waals surface area contributed by atoms with Crippen molar-refractivity contribution in [2.24, 2.45) is 0 Å². The number of hydrogen-bond donors (Lipinski definition) is 0. The van der Waals surface area contributed by atoms with Crippen molar-refractivity contribution >= 4 is 34.1 Å². The Balaban J connectivity index is 1.79. The van der Waals surface area contributed by atoms with E-state index in [-0.39, 0.29) is 24.2 Å². The second-order valence-electron chi connectivity index (χ2n) is 8.15. The van der Waals surface area contributed by atoms with Gasteiger partial charge in [0.1, 0.15) is 11.1 Å². The van der Waals surface area contributed by atoms with Gasteiger partial charge in [0.05, 0.1) is 19.0 Å². The number of aryl methyl sites for hydroxylation is 1. The van der Waals surface area contributed by atoms with E-state index in [1.165, 1.54) is 13.2 Å². The molecule has 1 aromatic heterocycles. The second kappa shape index (κ2) is 8.79. The number of carbonyl (C=O) groups excluding carboxylic acids is 1. The number of carbonyl (C=O) groups is 1. The minimum absolute atomic E-state index is 0.00164. The maximum absolute atomic E-state index is 14.6. The summed E-state index contributed by atoms with van der Waals surface area (Å²) < 4.78 is 27.3. The number of halogens is 1. The van der Waals surface area contributed by atoms with Crippen molar-refractivity contribution in [3.63, 3.8) is 0 Å². The molecule has 3 aromatic rings. The Hall–Kier alpha value is -2.73. The van der Waals surface area contributed by atoms with Gasteiger partial charge in [-0.1, -0.05) is 42.0 Å². The van der Waals surface area contributed by atoms with Crippen LogP contribution >= 0.6 is 12.2 Å². The summed E-state index contributed by atoms with van der Waals surface area (Å²) in [6, 6.07) is 11.0. The predicted octanol–water partition coefficient (Wildman–Crippen LogP) is 5.66. The highest BCUT2D eigenvalue weighted by Crippen LogP contribution is 2.33. The second-order valence-corrected chi connectivity index (χ2v) is 8.53. The van der Waals surface area contributed by atoms with Crippen molar-refractivity contribution in [1.29, 1.82) is 0 Å². The van der Waals surface area contributed by atoms with E-state index in [4.69, 9.17) is 21.7 Å². The van der Waals surface area contributed by atoms with Crippen LogP contribution in [-0.4, -0.2) is 28.7 Å². The van der Waals surface area contributed by atoms with Gasteiger partial charge in [-0.2, -0.15) is 0 Å². The highest BCUT2D eigenvalue weighted by atomic mass is 32.1. The number of thiocarbonyl (C=S) groups is 1. The summed E-state index contributed by atoms with van der Waals surface area (Å²) in [5.41, 5.74) is 4.19. The lowest BCUT2D eigenvalue weighted by molar-refractivity contribution is -0.147. The minimum atomic E-state index is -0.472. The smallest absolute Gasteiger partial charge is 0.310 e. The number of benzene rings is 2. The third-order valence-corrected chi connectivity index (χ3v) is 6.45. The number of esters is 1. The molecule has 0 saturated heterocycles. The maximum atomic E-state index is 14.6. The van der Waals surface area contributed by atoms with Crippen LogP contribution in [0.3, 0.4) is 0 Å². The molecule has 0 aliphatic heterocycles. The van der Waals surface area contributed by atoms with Crippen molar-refractivity contribution in [3.8, 4) is 5.75 Å². The SMILES string of the molecule is COc1cc2c(CC(=O)OC3CCCC3)c(C)n(C(=S)c3ccc(C)cc3)c2cc1F. The van der Waals surface area contributed by atoms with Crippen molar-refractivity contribution in [2.75, 3.05) is 7.11 Å². The van der Waals surface area contributed by atoms with E-state index in [9.17, 15) is 9.18 Å². The number of methoxy groups -OCH3 is 1. The minimum Gasteiger partial charge on any atom is -0.494 e. The highest BCUT2D eigenvalue weighted by Gasteiger charge is 2.24. The van der Waals surface area contributed by atoms with Gasteiger partial charge in [0.25, 0.3) is 0 Å². The summed E-state index contributed by atoms with van der Waals surface area (Å²) in [5, 5.41) is 0.744. The molecule has 1 heterocycles. The van der Waals surface area contributed by atoms with Gasteiger partial charge in [-0.3, -0.25) is 4.79 Å². The van der Waals surface area contributed by atoms with Gasteiger partial charge in [-0.05, 0) is 51.2 Å². The number of nitrogens with zero attached hydrogens (tertiary/aromatic N) is 1. The Bertz CT molecular complexity index is 1140. The average molecular weight is 440 g/mol. The molecule has 4 nitrogen and oxygen atoms in total. The standard InChI is InChI=1S/C25H26FNO3S/c1-15-8-10-17(11-9-15)25(31)27-16(2)19(13-24(28)30-18-6-4-5-7-18)20-12-23(29-3)21(26)14-22(20)27/h8-12,14,18H,4-7,13H2,1-3H3. The molecule has 1 aliphatic rings. The van der Waals surface area contributed by atoms with Crippen molar-refractivity contribution in [3.05, 3.63) is 64.6 Å². The van der Waals surface area contributed by atoms with E-state index < -0.39 is 5.82 Å². The number of hydrogen-bond acceptors (Lipinski definition) is 4. The Labute approximate surface area is 187 Å². The first kappa shape index (κ1) is 21.5. The van der Waals surface area contributed by atoms with Crippen LogP contribution in [0.2, 0.25) is 0 Å². The molecule has 0 spiro atoms. The van der Waals surface area contributed by atoms with Gasteiger partial charge < -0.3 is 14.0 Å². The van der Waals surface area contributed by atoms with Crippen LogP contribution in [0.1, 0.15) is 48.1 Å². The lowest BCUT2D eigenvalue weighted by Crippen LogP contribution is -2.17. The summed E-state index contributed by atoms with van der Waals surface area (Å²) >= 11 is 5.79. The van der Waals surface area contributed by atoms with Gasteiger partial charge in [0.15, 0.2) is 11.6 Å². The molecule has 1 saturated carbocycles. The summed E-state index contributed by atoms with van der Waals surface area (Å²) in [6.07, 6.45) is 4.14. The summed E-state index contributed by atoms with van der Waals surface area (Å²) in [6.45, 7) is 3.92. The first-order chi connectivity index (χ1) is 14.9. The lowest BCUT2D eigenvalue weighted by Gasteiger charge is -2.12. The number of aromatic nitrogens is 1. The van der Waals surface area contributed by atoms with E-state index in [0.717, 1.165) is 53.5 Å². The first-order valence-corrected chi connectivity index (χ1v) is 11.0. The van der Waals surface area contributed by atoms with Gasteiger partial charge in [0, 0.05) is 22.7 Å². The molecule has 162 valence electrons. The highest BCUT2D eigenvalue weighted by molar-refractivity contribution is 7.80. The third-order valence-electron chi connectivity index (χ3n) is 6.03. The quantitative estimate of drug-likeness (QED) is 0.380. The molecule has 0 N–H and O–H groups in total. The molecule has 0 radical (unpaired) electrons. The molecule has 4 rings (SSSR count). The van der Waals surface area contributed by atoms with Crippen LogP contribution in [0.4, 0.5) is 4.39 Å². The van der Waals surface area contributed by atoms with E-state index in [0.29, 0.717) is 10.5 Å². The van der Waals surface area contributed by atoms with Crippen LogP contribution in [0, 0.1) is 19.7 Å². The van der Waals surface area contributed by atoms with Crippen molar-refractivity contribution < 1.29 is 18.7 Å². The Morgan fingerprint density at radius 3 is 2.48 bits per heavy atom. The Morgan fingerprint density at radius 1 is 1.16 bits per heavy atom. The topological polar surface area (TPSA) is 40.5 Å². The molecule has 0 amide bonds. The van der Waals surface area contributed by atoms with E-state index in [2.05, 4.69) is 0 Å². The molecule has 0 atom stereocenters. The molecular formula is C25H26FNO3S. The Kier molecular flexibility index (Phi) is 6.10. The number of fused-ring (bicyclic) bond motifs is 1. The van der Waals surface area contributed by atoms with Crippen LogP contribution in [0.15, 0.2) is 36.4 Å². The van der Waals surface area contributed by atoms with Crippen LogP contribution in [-0.2, 0) is 16.0 Å². The zero-order valence-corrected chi connectivity index (χ0v) is 18.9. The van der Waals surface area contributed by atoms with Crippen LogP contribution in [0.5, 0.6) is 5.75 Å². The van der Waals surface area contributed by atoms with E-state index in [1.807, 2.05) is 42.7 Å². The van der Waals surface area contributed by atoms with Gasteiger partial charge >= 0.3 is 5.97 Å². The van der Waals surface area contributed by atoms with Gasteiger partial charge in [-0.15, -0.1) is 0 Å². The summed E-state index contributed by atoms with van der Waals surface area (Å²) in [4.78, 5) is 13.3. The monoisotopic (exact) mass is 439 g/mol. The lowest BCUT2D eigenvalue weighted by atomic mass is 10.1. The van der Waals surface area contributed by atoms with Gasteiger partial charge in [0.2, 0.25) is 0 Å². The Morgan fingerprint density at radius 2 is 1.84 bits per heavy atom. The molecule has 6 heteroatoms. The van der Waals surface area contributed by atoms with Crippen LogP contribution in [0.25, 0.3) is 10.9 Å². The first-order valence-electron chi connectivity index (χ1n) is 10.6. The molecule has 0 bridgehead atoms. The third kappa shape index (κ3) is 4.22. The summed E-state index contributed by atoms with van der Waals surface area (Å²) in [7, 11) is 1.43. The number of ether oxygens (including phenoxy) is 2. The molecule has 1 aliphatic carbocycles. The van der Waals surface area contributed by atoms with Crippen LogP contribution < -0.4 is 4.74 Å². The molecule has 2 aromatic carbocycles. The van der Waals surface area contributed by atoms with Crippen molar-refractivity contribution in [2.45, 2.75) is 52.1 Å². The van der Waals surface area contributed by atoms with E-state index >= 15 is 0 Å². The fraction of sp³-hybridized carbons (Fsp3) is 0.360. The molecule has 31 heavy (non-hydrogen) atoms. The fourth-order valence-electron chi connectivity index (χ4n) is 4.32. The van der Waals surface area contributed by atoms with E-state index in [1.54, 1.807) is 6.07 Å². The normalized spacial score (nSPS) is 14.2. The molecule has 0 unspecified atom stereocenters. The average Bonchev–Trinajstić information content (AvgIpc) is 3.34. The molecular weight excluding hydrogens is 413 g/mol. The maximum Gasteiger partial charge on any atom is 0.310 e. The van der Waals surface area contributed by atoms with Crippen molar-refractivity contribution in [1.82, 2.24) is 4.57 Å². The number of rotatable bonds is 5. The zero-order valence-electron chi connectivity index (χ0n) is 18.0. The largest absolute Gasteiger partial charge is 0.494 e.